The second-order valence-electron chi connectivity index (χ2n) is 5.33. The van der Waals surface area contributed by atoms with Crippen molar-refractivity contribution in [2.24, 2.45) is 5.92 Å². The van der Waals surface area contributed by atoms with E-state index in [4.69, 9.17) is 4.74 Å². The highest BCUT2D eigenvalue weighted by Crippen LogP contribution is 2.26. The van der Waals surface area contributed by atoms with E-state index in [1.807, 2.05) is 30.3 Å². The van der Waals surface area contributed by atoms with Gasteiger partial charge in [-0.1, -0.05) is 31.5 Å². The average Bonchev–Trinajstić information content (AvgIpc) is 2.43. The van der Waals surface area contributed by atoms with Gasteiger partial charge in [0, 0.05) is 12.2 Å². The van der Waals surface area contributed by atoms with Crippen LogP contribution in [0.1, 0.15) is 39.0 Å². The quantitative estimate of drug-likeness (QED) is 0.823. The molecule has 0 bridgehead atoms. The van der Waals surface area contributed by atoms with E-state index in [1.165, 1.54) is 19.3 Å². The number of carbonyl (C=O) groups is 1. The molecule has 104 valence electrons. The van der Waals surface area contributed by atoms with Crippen LogP contribution in [-0.2, 0) is 9.53 Å². The van der Waals surface area contributed by atoms with Gasteiger partial charge in [0.15, 0.2) is 0 Å². The second-order valence-corrected chi connectivity index (χ2v) is 5.33. The number of esters is 1. The maximum atomic E-state index is 11.8. The maximum Gasteiger partial charge on any atom is 0.307 e. The van der Waals surface area contributed by atoms with Crippen LogP contribution in [-0.4, -0.2) is 18.6 Å². The summed E-state index contributed by atoms with van der Waals surface area (Å²) in [5.74, 6) is 0.432. The minimum absolute atomic E-state index is 0.0813. The molecule has 1 aromatic rings. The molecular formula is C16H23NO2. The van der Waals surface area contributed by atoms with E-state index < -0.39 is 0 Å². The summed E-state index contributed by atoms with van der Waals surface area (Å²) in [6.07, 6.45) is 5.23. The van der Waals surface area contributed by atoms with Crippen molar-refractivity contribution in [3.63, 3.8) is 0 Å². The highest BCUT2D eigenvalue weighted by Gasteiger charge is 2.24. The first-order valence-corrected chi connectivity index (χ1v) is 7.24. The lowest BCUT2D eigenvalue weighted by molar-refractivity contribution is -0.152. The van der Waals surface area contributed by atoms with E-state index in [0.717, 1.165) is 12.1 Å². The standard InChI is InChI=1S/C16H23NO2/c1-13-7-5-6-10-15(13)19-16(18)11-12-17-14-8-3-2-4-9-14/h2-4,8-9,13,15,17H,5-7,10-12H2,1H3. The fourth-order valence-corrected chi connectivity index (χ4v) is 2.55. The second kappa shape index (κ2) is 7.17. The molecule has 1 aromatic carbocycles. The molecule has 0 radical (unpaired) electrons. The average molecular weight is 261 g/mol. The molecule has 1 aliphatic rings. The molecular weight excluding hydrogens is 238 g/mol. The first kappa shape index (κ1) is 13.9. The number of benzene rings is 1. The topological polar surface area (TPSA) is 38.3 Å². The summed E-state index contributed by atoms with van der Waals surface area (Å²) >= 11 is 0. The molecule has 0 amide bonds. The van der Waals surface area contributed by atoms with Gasteiger partial charge in [0.2, 0.25) is 0 Å². The van der Waals surface area contributed by atoms with Crippen LogP contribution in [0.2, 0.25) is 0 Å². The van der Waals surface area contributed by atoms with Crippen molar-refractivity contribution in [1.29, 1.82) is 0 Å². The van der Waals surface area contributed by atoms with Crippen LogP contribution in [0, 0.1) is 5.92 Å². The molecule has 19 heavy (non-hydrogen) atoms. The summed E-state index contributed by atoms with van der Waals surface area (Å²) < 4.78 is 5.56. The molecule has 0 aromatic heterocycles. The van der Waals surface area contributed by atoms with E-state index in [2.05, 4.69) is 12.2 Å². The van der Waals surface area contributed by atoms with Gasteiger partial charge in [-0.25, -0.2) is 0 Å². The van der Waals surface area contributed by atoms with Gasteiger partial charge in [-0.15, -0.1) is 0 Å². The lowest BCUT2D eigenvalue weighted by Crippen LogP contribution is -2.28. The number of rotatable bonds is 5. The normalized spacial score (nSPS) is 22.8. The van der Waals surface area contributed by atoms with E-state index in [-0.39, 0.29) is 12.1 Å². The largest absolute Gasteiger partial charge is 0.462 e. The number of anilines is 1. The van der Waals surface area contributed by atoms with Crippen molar-refractivity contribution in [2.45, 2.75) is 45.1 Å². The number of ether oxygens (including phenoxy) is 1. The predicted octanol–water partition coefficient (Wildman–Crippen LogP) is 3.61. The van der Waals surface area contributed by atoms with Gasteiger partial charge in [0.1, 0.15) is 6.10 Å². The van der Waals surface area contributed by atoms with Crippen LogP contribution in [0.5, 0.6) is 0 Å². The number of hydrogen-bond donors (Lipinski definition) is 1. The summed E-state index contributed by atoms with van der Waals surface area (Å²) in [5.41, 5.74) is 1.04. The summed E-state index contributed by atoms with van der Waals surface area (Å²) in [7, 11) is 0. The summed E-state index contributed by atoms with van der Waals surface area (Å²) in [6, 6.07) is 9.92. The number of para-hydroxylation sites is 1. The molecule has 0 aliphatic heterocycles. The first-order chi connectivity index (χ1) is 9.25. The predicted molar refractivity (Wildman–Crippen MR) is 77.1 cm³/mol. The summed E-state index contributed by atoms with van der Waals surface area (Å²) in [4.78, 5) is 11.8. The zero-order chi connectivity index (χ0) is 13.5. The Balaban J connectivity index is 1.67. The maximum absolute atomic E-state index is 11.8. The number of carbonyl (C=O) groups excluding carboxylic acids is 1. The number of hydrogen-bond acceptors (Lipinski definition) is 3. The van der Waals surface area contributed by atoms with Crippen LogP contribution < -0.4 is 5.32 Å². The Morgan fingerprint density at radius 3 is 2.74 bits per heavy atom. The third kappa shape index (κ3) is 4.58. The molecule has 1 aliphatic carbocycles. The minimum atomic E-state index is -0.0813. The Morgan fingerprint density at radius 1 is 1.26 bits per heavy atom. The van der Waals surface area contributed by atoms with Crippen LogP contribution >= 0.6 is 0 Å². The van der Waals surface area contributed by atoms with Crippen LogP contribution in [0.3, 0.4) is 0 Å². The summed E-state index contributed by atoms with van der Waals surface area (Å²) in [6.45, 7) is 2.81. The molecule has 2 atom stereocenters. The lowest BCUT2D eigenvalue weighted by Gasteiger charge is -2.28. The Kier molecular flexibility index (Phi) is 5.25. The molecule has 2 rings (SSSR count). The van der Waals surface area contributed by atoms with Gasteiger partial charge >= 0.3 is 5.97 Å². The smallest absolute Gasteiger partial charge is 0.307 e. The van der Waals surface area contributed by atoms with Crippen molar-refractivity contribution in [2.75, 3.05) is 11.9 Å². The van der Waals surface area contributed by atoms with Crippen LogP contribution in [0.15, 0.2) is 30.3 Å². The minimum Gasteiger partial charge on any atom is -0.462 e. The molecule has 3 nitrogen and oxygen atoms in total. The van der Waals surface area contributed by atoms with Crippen LogP contribution in [0.25, 0.3) is 0 Å². The zero-order valence-electron chi connectivity index (χ0n) is 11.6. The van der Waals surface area contributed by atoms with Crippen molar-refractivity contribution in [1.82, 2.24) is 0 Å². The summed E-state index contributed by atoms with van der Waals surface area (Å²) in [5, 5.41) is 3.22. The molecule has 3 heteroatoms. The van der Waals surface area contributed by atoms with Crippen LogP contribution in [0.4, 0.5) is 5.69 Å². The molecule has 1 N–H and O–H groups in total. The Bertz CT molecular complexity index is 391. The van der Waals surface area contributed by atoms with Crippen molar-refractivity contribution >= 4 is 11.7 Å². The molecule has 2 unspecified atom stereocenters. The van der Waals surface area contributed by atoms with Gasteiger partial charge in [0.25, 0.3) is 0 Å². The molecule has 1 fully saturated rings. The third-order valence-corrected chi connectivity index (χ3v) is 3.75. The number of nitrogens with one attached hydrogen (secondary N) is 1. The fraction of sp³-hybridized carbons (Fsp3) is 0.562. The van der Waals surface area contributed by atoms with E-state index >= 15 is 0 Å². The Hall–Kier alpha value is -1.51. The SMILES string of the molecule is CC1CCCCC1OC(=O)CCNc1ccccc1. The monoisotopic (exact) mass is 261 g/mol. The van der Waals surface area contributed by atoms with E-state index in [0.29, 0.717) is 18.9 Å². The Morgan fingerprint density at radius 2 is 2.00 bits per heavy atom. The van der Waals surface area contributed by atoms with Gasteiger partial charge in [-0.05, 0) is 37.3 Å². The van der Waals surface area contributed by atoms with Gasteiger partial charge < -0.3 is 10.1 Å². The zero-order valence-corrected chi connectivity index (χ0v) is 11.6. The molecule has 1 saturated carbocycles. The Labute approximate surface area is 115 Å². The highest BCUT2D eigenvalue weighted by molar-refractivity contribution is 5.70. The third-order valence-electron chi connectivity index (χ3n) is 3.75. The van der Waals surface area contributed by atoms with Gasteiger partial charge in [-0.3, -0.25) is 4.79 Å². The van der Waals surface area contributed by atoms with Crippen molar-refractivity contribution in [3.8, 4) is 0 Å². The lowest BCUT2D eigenvalue weighted by atomic mass is 9.88. The molecule has 0 heterocycles. The van der Waals surface area contributed by atoms with Gasteiger partial charge in [-0.2, -0.15) is 0 Å². The fourth-order valence-electron chi connectivity index (χ4n) is 2.55. The van der Waals surface area contributed by atoms with Crippen molar-refractivity contribution < 1.29 is 9.53 Å². The molecule has 0 spiro atoms. The molecule has 0 saturated heterocycles. The van der Waals surface area contributed by atoms with E-state index in [9.17, 15) is 4.79 Å². The van der Waals surface area contributed by atoms with E-state index in [1.54, 1.807) is 0 Å². The first-order valence-electron chi connectivity index (χ1n) is 7.24. The van der Waals surface area contributed by atoms with Crippen molar-refractivity contribution in [3.05, 3.63) is 30.3 Å². The van der Waals surface area contributed by atoms with Gasteiger partial charge in [0.05, 0.1) is 6.42 Å². The highest BCUT2D eigenvalue weighted by atomic mass is 16.5.